The first kappa shape index (κ1) is 11.0. The van der Waals surface area contributed by atoms with Crippen molar-refractivity contribution in [3.63, 3.8) is 0 Å². The van der Waals surface area contributed by atoms with Crippen LogP contribution in [0, 0.1) is 5.92 Å². The second-order valence-electron chi connectivity index (χ2n) is 4.35. The number of carbonyl (C=O) groups is 1. The number of phenols is 1. The van der Waals surface area contributed by atoms with E-state index in [0.29, 0.717) is 0 Å². The maximum Gasteiger partial charge on any atom is 0.223 e. The Kier molecular flexibility index (Phi) is 3.44. The standard InChI is InChI=1S/C13H17NO2/c15-12-6-4-10(5-7-12)9-11-3-1-2-8-14-13(11)16/h4-7,11,15H,1-3,8-9H2,(H,14,16). The average Bonchev–Trinajstić information content (AvgIpc) is 2.48. The van der Waals surface area contributed by atoms with E-state index in [9.17, 15) is 9.90 Å². The monoisotopic (exact) mass is 219 g/mol. The summed E-state index contributed by atoms with van der Waals surface area (Å²) in [4.78, 5) is 11.7. The van der Waals surface area contributed by atoms with E-state index in [1.165, 1.54) is 0 Å². The van der Waals surface area contributed by atoms with Crippen LogP contribution in [-0.2, 0) is 11.2 Å². The first-order chi connectivity index (χ1) is 7.75. The lowest BCUT2D eigenvalue weighted by molar-refractivity contribution is -0.124. The summed E-state index contributed by atoms with van der Waals surface area (Å²) >= 11 is 0. The highest BCUT2D eigenvalue weighted by Gasteiger charge is 2.20. The van der Waals surface area contributed by atoms with Crippen molar-refractivity contribution in [2.45, 2.75) is 25.7 Å². The highest BCUT2D eigenvalue weighted by Crippen LogP contribution is 2.19. The molecular weight excluding hydrogens is 202 g/mol. The summed E-state index contributed by atoms with van der Waals surface area (Å²) in [6.45, 7) is 0.810. The van der Waals surface area contributed by atoms with Crippen LogP contribution in [0.4, 0.5) is 0 Å². The third-order valence-corrected chi connectivity index (χ3v) is 3.07. The molecule has 1 amide bonds. The van der Waals surface area contributed by atoms with Gasteiger partial charge in [-0.05, 0) is 37.0 Å². The highest BCUT2D eigenvalue weighted by molar-refractivity contribution is 5.79. The van der Waals surface area contributed by atoms with E-state index in [1.54, 1.807) is 12.1 Å². The number of benzene rings is 1. The molecule has 0 bridgehead atoms. The molecule has 1 unspecified atom stereocenters. The number of phenolic OH excluding ortho intramolecular Hbond substituents is 1. The summed E-state index contributed by atoms with van der Waals surface area (Å²) in [7, 11) is 0. The molecule has 1 fully saturated rings. The smallest absolute Gasteiger partial charge is 0.223 e. The minimum Gasteiger partial charge on any atom is -0.508 e. The fraction of sp³-hybridized carbons (Fsp3) is 0.462. The van der Waals surface area contributed by atoms with Gasteiger partial charge in [-0.15, -0.1) is 0 Å². The van der Waals surface area contributed by atoms with Gasteiger partial charge < -0.3 is 10.4 Å². The molecule has 1 aliphatic heterocycles. The van der Waals surface area contributed by atoms with E-state index >= 15 is 0 Å². The van der Waals surface area contributed by atoms with Crippen molar-refractivity contribution in [2.75, 3.05) is 6.54 Å². The summed E-state index contributed by atoms with van der Waals surface area (Å²) in [5, 5.41) is 12.1. The van der Waals surface area contributed by atoms with E-state index in [0.717, 1.165) is 37.8 Å². The summed E-state index contributed by atoms with van der Waals surface area (Å²) in [5.41, 5.74) is 1.11. The molecule has 0 aliphatic carbocycles. The van der Waals surface area contributed by atoms with Crippen molar-refractivity contribution in [1.82, 2.24) is 5.32 Å². The molecule has 1 aromatic carbocycles. The molecule has 1 saturated heterocycles. The van der Waals surface area contributed by atoms with Gasteiger partial charge in [-0.1, -0.05) is 18.6 Å². The van der Waals surface area contributed by atoms with Crippen molar-refractivity contribution < 1.29 is 9.90 Å². The summed E-state index contributed by atoms with van der Waals surface area (Å²) in [5.74, 6) is 0.534. The molecule has 0 radical (unpaired) electrons. The average molecular weight is 219 g/mol. The Labute approximate surface area is 95.5 Å². The van der Waals surface area contributed by atoms with Gasteiger partial charge in [0, 0.05) is 12.5 Å². The number of hydrogen-bond acceptors (Lipinski definition) is 2. The lowest BCUT2D eigenvalue weighted by Gasteiger charge is -2.12. The third kappa shape index (κ3) is 2.75. The second kappa shape index (κ2) is 5.01. The summed E-state index contributed by atoms with van der Waals surface area (Å²) in [6.07, 6.45) is 3.93. The van der Waals surface area contributed by atoms with Gasteiger partial charge in [0.1, 0.15) is 5.75 Å². The molecule has 2 rings (SSSR count). The number of aromatic hydroxyl groups is 1. The zero-order valence-corrected chi connectivity index (χ0v) is 9.28. The number of carbonyl (C=O) groups excluding carboxylic acids is 1. The number of amides is 1. The van der Waals surface area contributed by atoms with E-state index < -0.39 is 0 Å². The van der Waals surface area contributed by atoms with Crippen molar-refractivity contribution in [3.8, 4) is 5.75 Å². The summed E-state index contributed by atoms with van der Waals surface area (Å²) < 4.78 is 0. The normalized spacial score (nSPS) is 21.2. The number of hydrogen-bond donors (Lipinski definition) is 2. The summed E-state index contributed by atoms with van der Waals surface area (Å²) in [6, 6.07) is 7.11. The molecule has 3 nitrogen and oxygen atoms in total. The van der Waals surface area contributed by atoms with Crippen LogP contribution in [0.3, 0.4) is 0 Å². The molecule has 1 atom stereocenters. The quantitative estimate of drug-likeness (QED) is 0.797. The van der Waals surface area contributed by atoms with Gasteiger partial charge >= 0.3 is 0 Å². The molecule has 1 aliphatic rings. The van der Waals surface area contributed by atoms with Crippen LogP contribution in [0.1, 0.15) is 24.8 Å². The zero-order chi connectivity index (χ0) is 11.4. The Morgan fingerprint density at radius 3 is 2.75 bits per heavy atom. The van der Waals surface area contributed by atoms with Crippen molar-refractivity contribution >= 4 is 5.91 Å². The SMILES string of the molecule is O=C1NCCCCC1Cc1ccc(O)cc1. The van der Waals surface area contributed by atoms with Crippen molar-refractivity contribution in [2.24, 2.45) is 5.92 Å². The van der Waals surface area contributed by atoms with E-state index in [1.807, 2.05) is 12.1 Å². The van der Waals surface area contributed by atoms with Crippen LogP contribution in [0.25, 0.3) is 0 Å². The Hall–Kier alpha value is -1.51. The minimum atomic E-state index is 0.0899. The van der Waals surface area contributed by atoms with Gasteiger partial charge in [0.15, 0.2) is 0 Å². The topological polar surface area (TPSA) is 49.3 Å². The van der Waals surface area contributed by atoms with Gasteiger partial charge in [-0.2, -0.15) is 0 Å². The number of nitrogens with one attached hydrogen (secondary N) is 1. The van der Waals surface area contributed by atoms with E-state index in [2.05, 4.69) is 5.32 Å². The van der Waals surface area contributed by atoms with Gasteiger partial charge in [0.05, 0.1) is 0 Å². The first-order valence-corrected chi connectivity index (χ1v) is 5.81. The van der Waals surface area contributed by atoms with Crippen molar-refractivity contribution in [1.29, 1.82) is 0 Å². The van der Waals surface area contributed by atoms with Crippen LogP contribution in [-0.4, -0.2) is 17.6 Å². The maximum absolute atomic E-state index is 11.7. The zero-order valence-electron chi connectivity index (χ0n) is 9.28. The Bertz CT molecular complexity index is 359. The van der Waals surface area contributed by atoms with Crippen LogP contribution in [0.5, 0.6) is 5.75 Å². The molecule has 16 heavy (non-hydrogen) atoms. The first-order valence-electron chi connectivity index (χ1n) is 5.81. The highest BCUT2D eigenvalue weighted by atomic mass is 16.3. The predicted molar refractivity (Wildman–Crippen MR) is 62.2 cm³/mol. The lowest BCUT2D eigenvalue weighted by Crippen LogP contribution is -2.30. The van der Waals surface area contributed by atoms with E-state index in [4.69, 9.17) is 0 Å². The van der Waals surface area contributed by atoms with Crippen molar-refractivity contribution in [3.05, 3.63) is 29.8 Å². The maximum atomic E-state index is 11.7. The van der Waals surface area contributed by atoms with Gasteiger partial charge in [-0.25, -0.2) is 0 Å². The molecule has 0 spiro atoms. The Morgan fingerprint density at radius 1 is 1.25 bits per heavy atom. The molecule has 1 heterocycles. The van der Waals surface area contributed by atoms with Gasteiger partial charge in [0.25, 0.3) is 0 Å². The van der Waals surface area contributed by atoms with Crippen LogP contribution in [0.15, 0.2) is 24.3 Å². The Balaban J connectivity index is 2.02. The molecule has 1 aromatic rings. The van der Waals surface area contributed by atoms with E-state index in [-0.39, 0.29) is 17.6 Å². The fourth-order valence-electron chi connectivity index (χ4n) is 2.11. The second-order valence-corrected chi connectivity index (χ2v) is 4.35. The predicted octanol–water partition coefficient (Wildman–Crippen LogP) is 1.85. The molecule has 86 valence electrons. The molecule has 2 N–H and O–H groups in total. The van der Waals surface area contributed by atoms with Crippen LogP contribution >= 0.6 is 0 Å². The fourth-order valence-corrected chi connectivity index (χ4v) is 2.11. The Morgan fingerprint density at radius 2 is 2.00 bits per heavy atom. The lowest BCUT2D eigenvalue weighted by atomic mass is 9.94. The minimum absolute atomic E-state index is 0.0899. The molecule has 0 saturated carbocycles. The van der Waals surface area contributed by atoms with Gasteiger partial charge in [0.2, 0.25) is 5.91 Å². The van der Waals surface area contributed by atoms with Gasteiger partial charge in [-0.3, -0.25) is 4.79 Å². The third-order valence-electron chi connectivity index (χ3n) is 3.07. The molecular formula is C13H17NO2. The number of rotatable bonds is 2. The van der Waals surface area contributed by atoms with Crippen LogP contribution in [0.2, 0.25) is 0 Å². The molecule has 0 aromatic heterocycles. The molecule has 3 heteroatoms. The largest absolute Gasteiger partial charge is 0.508 e. The van der Waals surface area contributed by atoms with Crippen LogP contribution < -0.4 is 5.32 Å².